The second kappa shape index (κ2) is 6.66. The molecule has 2 aromatic rings. The summed E-state index contributed by atoms with van der Waals surface area (Å²) >= 11 is 0.891. The third kappa shape index (κ3) is 4.07. The molecule has 0 aromatic carbocycles. The van der Waals surface area contributed by atoms with Gasteiger partial charge in [-0.2, -0.15) is 13.2 Å². The highest BCUT2D eigenvalue weighted by Gasteiger charge is 2.34. The number of halogens is 3. The van der Waals surface area contributed by atoms with Crippen molar-refractivity contribution in [3.63, 3.8) is 0 Å². The fourth-order valence-electron chi connectivity index (χ4n) is 2.08. The van der Waals surface area contributed by atoms with Crippen LogP contribution in [-0.4, -0.2) is 15.9 Å². The van der Waals surface area contributed by atoms with Gasteiger partial charge in [0, 0.05) is 11.1 Å². The van der Waals surface area contributed by atoms with Gasteiger partial charge in [0.15, 0.2) is 5.69 Å². The Hall–Kier alpha value is -1.96. The summed E-state index contributed by atoms with van der Waals surface area (Å²) in [6, 6.07) is 2.81. The number of amides is 1. The highest BCUT2D eigenvalue weighted by atomic mass is 32.1. The Labute approximate surface area is 135 Å². The molecular formula is C15H16F3N3OS. The highest BCUT2D eigenvalue weighted by molar-refractivity contribution is 7.09. The van der Waals surface area contributed by atoms with E-state index < -0.39 is 17.9 Å². The van der Waals surface area contributed by atoms with Crippen LogP contribution in [0.5, 0.6) is 0 Å². The van der Waals surface area contributed by atoms with Gasteiger partial charge in [0.05, 0.1) is 17.3 Å². The molecule has 0 spiro atoms. The minimum absolute atomic E-state index is 0.242. The first-order valence-corrected chi connectivity index (χ1v) is 7.88. The third-order valence-corrected chi connectivity index (χ3v) is 4.25. The number of aromatic nitrogens is 2. The van der Waals surface area contributed by atoms with Crippen LogP contribution in [0.15, 0.2) is 17.5 Å². The van der Waals surface area contributed by atoms with Gasteiger partial charge in [-0.15, -0.1) is 11.3 Å². The van der Waals surface area contributed by atoms with E-state index in [9.17, 15) is 18.0 Å². The van der Waals surface area contributed by atoms with Gasteiger partial charge in [0.2, 0.25) is 0 Å². The van der Waals surface area contributed by atoms with E-state index in [2.05, 4.69) is 15.3 Å². The van der Waals surface area contributed by atoms with Gasteiger partial charge in [-0.25, -0.2) is 4.98 Å². The zero-order chi connectivity index (χ0) is 17.2. The van der Waals surface area contributed by atoms with Crippen LogP contribution >= 0.6 is 11.3 Å². The number of carbonyl (C=O) groups excluding carboxylic acids is 1. The second-order valence-corrected chi connectivity index (χ2v) is 5.98. The Morgan fingerprint density at radius 1 is 1.30 bits per heavy atom. The van der Waals surface area contributed by atoms with Crippen LogP contribution in [0.3, 0.4) is 0 Å². The molecule has 23 heavy (non-hydrogen) atoms. The molecule has 0 saturated carbocycles. The third-order valence-electron chi connectivity index (χ3n) is 3.29. The first-order valence-electron chi connectivity index (χ1n) is 7.00. The number of thiazole rings is 1. The molecule has 8 heteroatoms. The number of aryl methyl sites for hydroxylation is 2. The standard InChI is InChI=1S/C15H16F3N3OS/c1-4-11(14-21-12(7-23-14)15(16,17)18)20-13(22)10-6-5-8(2)19-9(10)3/h5-7,11H,4H2,1-3H3,(H,20,22). The lowest BCUT2D eigenvalue weighted by atomic mass is 10.1. The van der Waals surface area contributed by atoms with Gasteiger partial charge < -0.3 is 5.32 Å². The Bertz CT molecular complexity index is 712. The summed E-state index contributed by atoms with van der Waals surface area (Å²) in [6.45, 7) is 5.31. The summed E-state index contributed by atoms with van der Waals surface area (Å²) in [5.41, 5.74) is 0.841. The molecular weight excluding hydrogens is 327 g/mol. The summed E-state index contributed by atoms with van der Waals surface area (Å²) < 4.78 is 37.9. The maximum atomic E-state index is 12.6. The quantitative estimate of drug-likeness (QED) is 0.911. The molecule has 1 unspecified atom stereocenters. The van der Waals surface area contributed by atoms with Gasteiger partial charge in [-0.1, -0.05) is 6.92 Å². The number of carbonyl (C=O) groups is 1. The summed E-state index contributed by atoms with van der Waals surface area (Å²) in [7, 11) is 0. The van der Waals surface area contributed by atoms with Gasteiger partial charge in [0.1, 0.15) is 5.01 Å². The largest absolute Gasteiger partial charge is 0.434 e. The summed E-state index contributed by atoms with van der Waals surface area (Å²) in [5.74, 6) is -0.370. The van der Waals surface area contributed by atoms with Crippen LogP contribution in [0, 0.1) is 13.8 Å². The molecule has 0 aliphatic rings. The zero-order valence-corrected chi connectivity index (χ0v) is 13.7. The minimum Gasteiger partial charge on any atom is -0.343 e. The van der Waals surface area contributed by atoms with Crippen LogP contribution in [-0.2, 0) is 6.18 Å². The first-order chi connectivity index (χ1) is 10.7. The van der Waals surface area contributed by atoms with E-state index in [1.807, 2.05) is 6.92 Å². The summed E-state index contributed by atoms with van der Waals surface area (Å²) in [5, 5.41) is 3.93. The Kier molecular flexibility index (Phi) is 5.03. The summed E-state index contributed by atoms with van der Waals surface area (Å²) in [4.78, 5) is 20.1. The second-order valence-electron chi connectivity index (χ2n) is 5.09. The van der Waals surface area contributed by atoms with Crippen LogP contribution in [0.1, 0.15) is 51.8 Å². The van der Waals surface area contributed by atoms with Crippen molar-refractivity contribution in [2.75, 3.05) is 0 Å². The predicted octanol–water partition coefficient (Wildman–Crippen LogP) is 4.05. The lowest BCUT2D eigenvalue weighted by Gasteiger charge is -2.15. The van der Waals surface area contributed by atoms with E-state index >= 15 is 0 Å². The number of hydrogen-bond acceptors (Lipinski definition) is 4. The van der Waals surface area contributed by atoms with Crippen molar-refractivity contribution in [2.24, 2.45) is 0 Å². The molecule has 124 valence electrons. The lowest BCUT2D eigenvalue weighted by molar-refractivity contribution is -0.140. The molecule has 0 radical (unpaired) electrons. The molecule has 0 bridgehead atoms. The normalized spacial score (nSPS) is 13.0. The molecule has 0 saturated heterocycles. The van der Waals surface area contributed by atoms with Crippen molar-refractivity contribution in [1.29, 1.82) is 0 Å². The molecule has 4 nitrogen and oxygen atoms in total. The van der Waals surface area contributed by atoms with Crippen molar-refractivity contribution in [3.8, 4) is 0 Å². The molecule has 1 atom stereocenters. The molecule has 0 aliphatic heterocycles. The van der Waals surface area contributed by atoms with Crippen LogP contribution < -0.4 is 5.32 Å². The van der Waals surface area contributed by atoms with Gasteiger partial charge in [-0.05, 0) is 32.4 Å². The highest BCUT2D eigenvalue weighted by Crippen LogP contribution is 2.32. The van der Waals surface area contributed by atoms with E-state index in [0.717, 1.165) is 22.4 Å². The summed E-state index contributed by atoms with van der Waals surface area (Å²) in [6.07, 6.45) is -4.04. The Balaban J connectivity index is 2.19. The average Bonchev–Trinajstić information content (AvgIpc) is 2.94. The first kappa shape index (κ1) is 17.4. The van der Waals surface area contributed by atoms with Gasteiger partial charge in [-0.3, -0.25) is 9.78 Å². The number of hydrogen-bond donors (Lipinski definition) is 1. The van der Waals surface area contributed by atoms with Gasteiger partial charge in [0.25, 0.3) is 5.91 Å². The number of pyridine rings is 1. The van der Waals surface area contributed by atoms with Crippen molar-refractivity contribution >= 4 is 17.2 Å². The fraction of sp³-hybridized carbons (Fsp3) is 0.400. The Morgan fingerprint density at radius 2 is 2.00 bits per heavy atom. The van der Waals surface area contributed by atoms with Gasteiger partial charge >= 0.3 is 6.18 Å². The van der Waals surface area contributed by atoms with Crippen molar-refractivity contribution < 1.29 is 18.0 Å². The van der Waals surface area contributed by atoms with E-state index in [1.165, 1.54) is 0 Å². The molecule has 2 rings (SSSR count). The molecule has 0 fully saturated rings. The topological polar surface area (TPSA) is 54.9 Å². The molecule has 2 aromatic heterocycles. The average molecular weight is 343 g/mol. The SMILES string of the molecule is CCC(NC(=O)c1ccc(C)nc1C)c1nc(C(F)(F)F)cs1. The maximum Gasteiger partial charge on any atom is 0.434 e. The van der Waals surface area contributed by atoms with Crippen molar-refractivity contribution in [3.05, 3.63) is 45.2 Å². The van der Waals surface area contributed by atoms with Crippen molar-refractivity contribution in [1.82, 2.24) is 15.3 Å². The maximum absolute atomic E-state index is 12.6. The fourth-order valence-corrected chi connectivity index (χ4v) is 3.04. The Morgan fingerprint density at radius 3 is 2.52 bits per heavy atom. The van der Waals surface area contributed by atoms with Crippen LogP contribution in [0.2, 0.25) is 0 Å². The molecule has 0 aliphatic carbocycles. The smallest absolute Gasteiger partial charge is 0.343 e. The van der Waals surface area contributed by atoms with Crippen LogP contribution in [0.25, 0.3) is 0 Å². The molecule has 1 N–H and O–H groups in total. The zero-order valence-electron chi connectivity index (χ0n) is 12.9. The van der Waals surface area contributed by atoms with E-state index in [0.29, 0.717) is 17.7 Å². The minimum atomic E-state index is -4.48. The molecule has 1 amide bonds. The number of nitrogens with zero attached hydrogens (tertiary/aromatic N) is 2. The van der Waals surface area contributed by atoms with Crippen molar-refractivity contribution in [2.45, 2.75) is 39.4 Å². The van der Waals surface area contributed by atoms with E-state index in [4.69, 9.17) is 0 Å². The van der Waals surface area contributed by atoms with E-state index in [-0.39, 0.29) is 10.9 Å². The lowest BCUT2D eigenvalue weighted by Crippen LogP contribution is -2.29. The van der Waals surface area contributed by atoms with Crippen LogP contribution in [0.4, 0.5) is 13.2 Å². The number of alkyl halides is 3. The predicted molar refractivity (Wildman–Crippen MR) is 81.3 cm³/mol. The monoisotopic (exact) mass is 343 g/mol. The number of nitrogens with one attached hydrogen (secondary N) is 1. The van der Waals surface area contributed by atoms with E-state index in [1.54, 1.807) is 26.0 Å². The number of rotatable bonds is 4. The molecule has 2 heterocycles.